The zero-order valence-electron chi connectivity index (χ0n) is 10.6. The van der Waals surface area contributed by atoms with E-state index in [-0.39, 0.29) is 11.8 Å². The molecular formula is C12H17NO4S. The lowest BCUT2D eigenvalue weighted by atomic mass is 10.1. The fraction of sp³-hybridized carbons (Fsp3) is 0.417. The molecule has 1 rings (SSSR count). The first-order chi connectivity index (χ1) is 8.33. The van der Waals surface area contributed by atoms with Crippen molar-refractivity contribution in [2.45, 2.75) is 13.0 Å². The van der Waals surface area contributed by atoms with Crippen LogP contribution >= 0.6 is 0 Å². The van der Waals surface area contributed by atoms with E-state index in [1.807, 2.05) is 0 Å². The average molecular weight is 271 g/mol. The molecular weight excluding hydrogens is 254 g/mol. The van der Waals surface area contributed by atoms with Crippen molar-refractivity contribution in [2.75, 3.05) is 24.4 Å². The summed E-state index contributed by atoms with van der Waals surface area (Å²) in [6.45, 7) is 1.75. The number of methoxy groups -OCH3 is 1. The Kier molecular flexibility index (Phi) is 4.72. The van der Waals surface area contributed by atoms with E-state index in [1.165, 1.54) is 13.4 Å². The van der Waals surface area contributed by atoms with Crippen LogP contribution in [0.5, 0.6) is 0 Å². The van der Waals surface area contributed by atoms with Gasteiger partial charge in [-0.2, -0.15) is 0 Å². The lowest BCUT2D eigenvalue weighted by molar-refractivity contribution is 0.0602. The predicted octanol–water partition coefficient (Wildman–Crippen LogP) is 1.32. The van der Waals surface area contributed by atoms with E-state index < -0.39 is 15.8 Å². The highest BCUT2D eigenvalue weighted by Gasteiger charge is 2.15. The van der Waals surface area contributed by atoms with Crippen LogP contribution in [0.25, 0.3) is 0 Å². The number of carbonyl (C=O) groups excluding carboxylic acids is 1. The fourth-order valence-corrected chi connectivity index (χ4v) is 2.65. The van der Waals surface area contributed by atoms with E-state index in [1.54, 1.807) is 31.2 Å². The number of esters is 1. The molecule has 6 heteroatoms. The number of ether oxygens (including phenoxy) is 1. The van der Waals surface area contributed by atoms with Crippen molar-refractivity contribution in [3.8, 4) is 0 Å². The highest BCUT2D eigenvalue weighted by molar-refractivity contribution is 7.90. The van der Waals surface area contributed by atoms with Crippen molar-refractivity contribution in [1.82, 2.24) is 0 Å². The molecule has 0 heterocycles. The van der Waals surface area contributed by atoms with Gasteiger partial charge in [0.05, 0.1) is 18.4 Å². The molecule has 1 unspecified atom stereocenters. The van der Waals surface area contributed by atoms with Crippen LogP contribution in [0.1, 0.15) is 17.3 Å². The molecule has 1 aromatic rings. The quantitative estimate of drug-likeness (QED) is 0.818. The molecule has 18 heavy (non-hydrogen) atoms. The van der Waals surface area contributed by atoms with Gasteiger partial charge < -0.3 is 10.1 Å². The summed E-state index contributed by atoms with van der Waals surface area (Å²) >= 11 is 0. The summed E-state index contributed by atoms with van der Waals surface area (Å²) in [5, 5.41) is 3.00. The third-order valence-corrected chi connectivity index (χ3v) is 3.39. The Morgan fingerprint density at radius 3 is 2.56 bits per heavy atom. The number of para-hydroxylation sites is 1. The predicted molar refractivity (Wildman–Crippen MR) is 70.6 cm³/mol. The summed E-state index contributed by atoms with van der Waals surface area (Å²) in [5.74, 6) is -0.452. The molecule has 100 valence electrons. The maximum absolute atomic E-state index is 11.5. The Morgan fingerprint density at radius 2 is 2.00 bits per heavy atom. The number of anilines is 1. The van der Waals surface area contributed by atoms with E-state index in [0.717, 1.165) is 0 Å². The molecule has 0 saturated carbocycles. The molecule has 1 aromatic carbocycles. The van der Waals surface area contributed by atoms with Gasteiger partial charge >= 0.3 is 5.97 Å². The zero-order chi connectivity index (χ0) is 13.8. The molecule has 0 aliphatic carbocycles. The molecule has 0 bridgehead atoms. The van der Waals surface area contributed by atoms with Gasteiger partial charge in [0.25, 0.3) is 0 Å². The van der Waals surface area contributed by atoms with E-state index >= 15 is 0 Å². The minimum atomic E-state index is -3.06. The standard InChI is InChI=1S/C12H17NO4S/c1-9(8-18(3,15)16)13-11-7-5-4-6-10(11)12(14)17-2/h4-7,9,13H,8H2,1-3H3. The van der Waals surface area contributed by atoms with Crippen molar-refractivity contribution in [3.05, 3.63) is 29.8 Å². The largest absolute Gasteiger partial charge is 0.465 e. The number of benzene rings is 1. The van der Waals surface area contributed by atoms with Gasteiger partial charge in [-0.25, -0.2) is 13.2 Å². The summed E-state index contributed by atoms with van der Waals surface area (Å²) in [6.07, 6.45) is 1.18. The number of hydrogen-bond donors (Lipinski definition) is 1. The maximum Gasteiger partial charge on any atom is 0.339 e. The topological polar surface area (TPSA) is 72.5 Å². The average Bonchev–Trinajstić information content (AvgIpc) is 2.26. The third-order valence-electron chi connectivity index (χ3n) is 2.29. The van der Waals surface area contributed by atoms with Crippen LogP contribution in [0.2, 0.25) is 0 Å². The lowest BCUT2D eigenvalue weighted by Crippen LogP contribution is -2.26. The van der Waals surface area contributed by atoms with Gasteiger partial charge in [0.15, 0.2) is 0 Å². The van der Waals surface area contributed by atoms with Crippen LogP contribution in [0.15, 0.2) is 24.3 Å². The number of sulfone groups is 1. The van der Waals surface area contributed by atoms with Crippen LogP contribution in [0, 0.1) is 0 Å². The second kappa shape index (κ2) is 5.86. The van der Waals surface area contributed by atoms with Crippen molar-refractivity contribution in [1.29, 1.82) is 0 Å². The molecule has 0 radical (unpaired) electrons. The van der Waals surface area contributed by atoms with Crippen LogP contribution in [-0.2, 0) is 14.6 Å². The zero-order valence-corrected chi connectivity index (χ0v) is 11.5. The molecule has 1 atom stereocenters. The molecule has 0 spiro atoms. The van der Waals surface area contributed by atoms with Crippen molar-refractivity contribution < 1.29 is 17.9 Å². The molecule has 0 aliphatic heterocycles. The second-order valence-electron chi connectivity index (χ2n) is 4.17. The smallest absolute Gasteiger partial charge is 0.339 e. The van der Waals surface area contributed by atoms with Gasteiger partial charge in [-0.1, -0.05) is 12.1 Å². The Balaban J connectivity index is 2.87. The molecule has 1 N–H and O–H groups in total. The fourth-order valence-electron chi connectivity index (χ4n) is 1.66. The molecule has 0 saturated heterocycles. The summed E-state index contributed by atoms with van der Waals surface area (Å²) in [7, 11) is -1.76. The first-order valence-electron chi connectivity index (χ1n) is 5.45. The first kappa shape index (κ1) is 14.5. The minimum absolute atomic E-state index is 0.00249. The van der Waals surface area contributed by atoms with Crippen molar-refractivity contribution in [3.63, 3.8) is 0 Å². The molecule has 0 aromatic heterocycles. The number of rotatable bonds is 5. The lowest BCUT2D eigenvalue weighted by Gasteiger charge is -2.16. The van der Waals surface area contributed by atoms with Crippen LogP contribution in [-0.4, -0.2) is 39.5 Å². The van der Waals surface area contributed by atoms with Gasteiger partial charge in [0.2, 0.25) is 0 Å². The number of hydrogen-bond acceptors (Lipinski definition) is 5. The summed E-state index contributed by atoms with van der Waals surface area (Å²) < 4.78 is 27.0. The van der Waals surface area contributed by atoms with Crippen molar-refractivity contribution in [2.24, 2.45) is 0 Å². The van der Waals surface area contributed by atoms with Gasteiger partial charge in [0, 0.05) is 18.0 Å². The van der Waals surface area contributed by atoms with Crippen LogP contribution in [0.3, 0.4) is 0 Å². The normalized spacial score (nSPS) is 12.8. The van der Waals surface area contributed by atoms with Gasteiger partial charge in [-0.15, -0.1) is 0 Å². The summed E-state index contributed by atoms with van der Waals surface area (Å²) in [5.41, 5.74) is 0.959. The minimum Gasteiger partial charge on any atom is -0.465 e. The molecule has 0 aliphatic rings. The second-order valence-corrected chi connectivity index (χ2v) is 6.36. The Morgan fingerprint density at radius 1 is 1.39 bits per heavy atom. The van der Waals surface area contributed by atoms with Gasteiger partial charge in [-0.05, 0) is 19.1 Å². The van der Waals surface area contributed by atoms with Gasteiger partial charge in [0.1, 0.15) is 9.84 Å². The highest BCUT2D eigenvalue weighted by Crippen LogP contribution is 2.17. The van der Waals surface area contributed by atoms with E-state index in [4.69, 9.17) is 0 Å². The SMILES string of the molecule is COC(=O)c1ccccc1NC(C)CS(C)(=O)=O. The van der Waals surface area contributed by atoms with Crippen LogP contribution < -0.4 is 5.32 Å². The Labute approximate surface area is 107 Å². The van der Waals surface area contributed by atoms with Crippen molar-refractivity contribution >= 4 is 21.5 Å². The number of nitrogens with one attached hydrogen (secondary N) is 1. The maximum atomic E-state index is 11.5. The number of carbonyl (C=O) groups is 1. The summed E-state index contributed by atoms with van der Waals surface area (Å²) in [6, 6.07) is 6.54. The molecule has 0 amide bonds. The van der Waals surface area contributed by atoms with Crippen LogP contribution in [0.4, 0.5) is 5.69 Å². The Hall–Kier alpha value is -1.56. The van der Waals surface area contributed by atoms with E-state index in [2.05, 4.69) is 10.1 Å². The summed E-state index contributed by atoms with van der Waals surface area (Å²) in [4.78, 5) is 11.5. The van der Waals surface area contributed by atoms with Gasteiger partial charge in [-0.3, -0.25) is 0 Å². The first-order valence-corrected chi connectivity index (χ1v) is 7.51. The van der Waals surface area contributed by atoms with E-state index in [9.17, 15) is 13.2 Å². The monoisotopic (exact) mass is 271 g/mol. The highest BCUT2D eigenvalue weighted by atomic mass is 32.2. The molecule has 0 fully saturated rings. The molecule has 5 nitrogen and oxygen atoms in total. The Bertz CT molecular complexity index is 525. The third kappa shape index (κ3) is 4.37. The van der Waals surface area contributed by atoms with E-state index in [0.29, 0.717) is 11.3 Å².